The fraction of sp³-hybridized carbons (Fsp3) is 0.486. The first kappa shape index (κ1) is 46.2. The second kappa shape index (κ2) is 20.5. The topological polar surface area (TPSA) is 284 Å². The van der Waals surface area contributed by atoms with E-state index in [2.05, 4.69) is 20.8 Å². The first-order valence-electron chi connectivity index (χ1n) is 18.2. The number of halogens is 2. The number of carbonyl (C=O) groups is 3. The molecule has 4 rings (SSSR count). The lowest BCUT2D eigenvalue weighted by Crippen LogP contribution is -2.34. The molecule has 0 spiro atoms. The summed E-state index contributed by atoms with van der Waals surface area (Å²) in [6.07, 6.45) is 2.18. The summed E-state index contributed by atoms with van der Waals surface area (Å²) in [5.41, 5.74) is 0.222. The second-order valence-electron chi connectivity index (χ2n) is 13.5. The number of hydrogen-bond donors (Lipinski definition) is 7. The van der Waals surface area contributed by atoms with Crippen molar-refractivity contribution >= 4 is 33.2 Å². The maximum atomic E-state index is 14.7. The number of aryl methyl sites for hydroxylation is 1. The zero-order valence-corrected chi connectivity index (χ0v) is 32.9. The molecule has 318 valence electrons. The lowest BCUT2D eigenvalue weighted by molar-refractivity contribution is -0.147. The van der Waals surface area contributed by atoms with E-state index in [1.807, 2.05) is 0 Å². The third-order valence-electron chi connectivity index (χ3n) is 9.30. The number of ether oxygens (including phenoxy) is 2. The number of amides is 2. The summed E-state index contributed by atoms with van der Waals surface area (Å²) in [6, 6.07) is 12.5. The highest BCUT2D eigenvalue weighted by molar-refractivity contribution is 7.72. The molecule has 2 atom stereocenters. The number of hydrogen-bond acceptors (Lipinski definition) is 12. The number of nitrogens with one attached hydrogen (secondary N) is 1. The third-order valence-corrected chi connectivity index (χ3v) is 13.2. The van der Waals surface area contributed by atoms with Crippen LogP contribution in [0.15, 0.2) is 66.7 Å². The van der Waals surface area contributed by atoms with Crippen molar-refractivity contribution in [1.82, 2.24) is 30.4 Å². The first-order valence-corrected chi connectivity index (χ1v) is 21.4. The Morgan fingerprint density at radius 2 is 1.66 bits per heavy atom. The monoisotopic (exact) mass is 858 g/mol. The predicted octanol–water partition coefficient (Wildman–Crippen LogP) is 3.09. The van der Waals surface area contributed by atoms with Crippen molar-refractivity contribution in [2.75, 3.05) is 13.1 Å². The minimum absolute atomic E-state index is 0.0680. The summed E-state index contributed by atoms with van der Waals surface area (Å²) in [5, 5.41) is 30.2. The van der Waals surface area contributed by atoms with Gasteiger partial charge in [0, 0.05) is 37.9 Å². The molecule has 0 saturated carbocycles. The number of esters is 1. The average molecular weight is 859 g/mol. The first-order chi connectivity index (χ1) is 27.3. The fourth-order valence-corrected chi connectivity index (χ4v) is 8.26. The molecule has 23 heteroatoms. The summed E-state index contributed by atoms with van der Waals surface area (Å²) < 4.78 is 63.9. The summed E-state index contributed by atoms with van der Waals surface area (Å²) in [6.45, 7) is -0.127. The van der Waals surface area contributed by atoms with E-state index >= 15 is 0 Å². The van der Waals surface area contributed by atoms with E-state index in [1.54, 1.807) is 11.0 Å². The molecule has 19 nitrogen and oxygen atoms in total. The van der Waals surface area contributed by atoms with Crippen molar-refractivity contribution in [2.45, 2.75) is 94.1 Å². The molecule has 0 bridgehead atoms. The molecule has 1 saturated heterocycles. The van der Waals surface area contributed by atoms with E-state index in [0.717, 1.165) is 18.9 Å². The lowest BCUT2D eigenvalue weighted by atomic mass is 10.0. The van der Waals surface area contributed by atoms with Crippen LogP contribution in [-0.4, -0.2) is 103 Å². The highest BCUT2D eigenvalue weighted by Crippen LogP contribution is 2.69. The SMILES string of the molecule is O=C(Cc1ccc(OC(=O)NCCCC(O)(P(=O)(O)O)P(=O)(O)O)cc1)OCn1nnnc1CCCCCCN1C(=O)CC[C@@H]1/C=C/[C@@H](O)C(F)(F)c1ccccc1. The molecule has 2 aromatic carbocycles. The number of carbonyl (C=O) groups excluding carboxylic acids is 3. The molecule has 0 unspecified atom stereocenters. The number of alkyl halides is 2. The van der Waals surface area contributed by atoms with E-state index in [1.165, 1.54) is 59.3 Å². The van der Waals surface area contributed by atoms with Crippen LogP contribution in [0.3, 0.4) is 0 Å². The minimum Gasteiger partial charge on any atom is -0.442 e. The highest BCUT2D eigenvalue weighted by atomic mass is 31.2. The third kappa shape index (κ3) is 12.8. The summed E-state index contributed by atoms with van der Waals surface area (Å²) in [5.74, 6) is -3.57. The van der Waals surface area contributed by atoms with Gasteiger partial charge in [-0.25, -0.2) is 4.79 Å². The van der Waals surface area contributed by atoms with Crippen LogP contribution < -0.4 is 10.1 Å². The maximum Gasteiger partial charge on any atom is 0.412 e. The van der Waals surface area contributed by atoms with Gasteiger partial charge in [-0.15, -0.1) is 5.10 Å². The van der Waals surface area contributed by atoms with Crippen molar-refractivity contribution in [3.8, 4) is 5.75 Å². The van der Waals surface area contributed by atoms with E-state index in [-0.39, 0.29) is 43.0 Å². The molecule has 2 heterocycles. The largest absolute Gasteiger partial charge is 0.442 e. The van der Waals surface area contributed by atoms with E-state index < -0.39 is 57.2 Å². The second-order valence-corrected chi connectivity index (χ2v) is 17.5. The molecule has 7 N–H and O–H groups in total. The van der Waals surface area contributed by atoms with Crippen LogP contribution in [0.25, 0.3) is 0 Å². The van der Waals surface area contributed by atoms with Crippen LogP contribution >= 0.6 is 15.2 Å². The number of likely N-dealkylation sites (tertiary alicyclic amines) is 1. The number of unbranched alkanes of at least 4 members (excludes halogenated alkanes) is 3. The predicted molar refractivity (Wildman–Crippen MR) is 199 cm³/mol. The molecule has 0 radical (unpaired) electrons. The zero-order chi connectivity index (χ0) is 42.6. The van der Waals surface area contributed by atoms with Crippen LogP contribution in [0.5, 0.6) is 5.75 Å². The summed E-state index contributed by atoms with van der Waals surface area (Å²) >= 11 is 0. The molecule has 1 aliphatic rings. The van der Waals surface area contributed by atoms with Crippen molar-refractivity contribution in [1.29, 1.82) is 0 Å². The van der Waals surface area contributed by atoms with Gasteiger partial charge in [0.2, 0.25) is 5.91 Å². The van der Waals surface area contributed by atoms with Crippen molar-refractivity contribution < 1.29 is 71.6 Å². The van der Waals surface area contributed by atoms with Crippen LogP contribution in [0.4, 0.5) is 13.6 Å². The van der Waals surface area contributed by atoms with Crippen LogP contribution in [0.2, 0.25) is 0 Å². The van der Waals surface area contributed by atoms with Crippen LogP contribution in [-0.2, 0) is 49.0 Å². The van der Waals surface area contributed by atoms with Crippen molar-refractivity contribution in [3.63, 3.8) is 0 Å². The van der Waals surface area contributed by atoms with E-state index in [4.69, 9.17) is 29.0 Å². The van der Waals surface area contributed by atoms with Gasteiger partial charge in [0.25, 0.3) is 5.08 Å². The van der Waals surface area contributed by atoms with Gasteiger partial charge in [-0.1, -0.05) is 67.5 Å². The minimum atomic E-state index is -5.61. The van der Waals surface area contributed by atoms with Gasteiger partial charge in [0.1, 0.15) is 11.9 Å². The number of aliphatic hydroxyl groups is 2. The Bertz CT molecular complexity index is 1940. The Hall–Kier alpha value is -4.46. The maximum absolute atomic E-state index is 14.7. The standard InChI is InChI=1S/C35H46F2N6O13P2/c36-35(37,26-9-4-3-5-10-26)29(44)18-14-27-15-19-31(45)42(27)22-7-2-1-6-11-30-39-40-41-43(30)24-55-32(46)23-25-12-16-28(17-13-25)56-33(47)38-21-8-20-34(48,57(49,50)51)58(52,53)54/h3-5,9-10,12-14,16-18,27,29,44,48H,1-2,6-8,11,15,19-24H2,(H,38,47)(H2,49,50,51)(H2,52,53,54)/b18-14+/t27-,29+/m0/s1. The average Bonchev–Trinajstić information content (AvgIpc) is 3.77. The van der Waals surface area contributed by atoms with Crippen molar-refractivity contribution in [2.24, 2.45) is 0 Å². The Balaban J connectivity index is 1.11. The Kier molecular flexibility index (Phi) is 16.3. The van der Waals surface area contributed by atoms with Crippen molar-refractivity contribution in [3.05, 3.63) is 83.7 Å². The van der Waals surface area contributed by atoms with Gasteiger partial charge in [0.05, 0.1) is 12.5 Å². The molecule has 1 aliphatic heterocycles. The quantitative estimate of drug-likeness (QED) is 0.0331. The Morgan fingerprint density at radius 1 is 0.983 bits per heavy atom. The smallest absolute Gasteiger partial charge is 0.412 e. The zero-order valence-electron chi connectivity index (χ0n) is 31.1. The van der Waals surface area contributed by atoms with Gasteiger partial charge in [0.15, 0.2) is 12.6 Å². The molecule has 1 fully saturated rings. The van der Waals surface area contributed by atoms with Gasteiger partial charge in [-0.05, 0) is 53.8 Å². The molecule has 58 heavy (non-hydrogen) atoms. The highest BCUT2D eigenvalue weighted by Gasteiger charge is 2.58. The molecule has 1 aromatic heterocycles. The number of tetrazole rings is 1. The molecule has 2 amide bonds. The Morgan fingerprint density at radius 3 is 2.33 bits per heavy atom. The van der Waals surface area contributed by atoms with Crippen LogP contribution in [0, 0.1) is 0 Å². The summed E-state index contributed by atoms with van der Waals surface area (Å²) in [7, 11) is -11.2. The van der Waals surface area contributed by atoms with Gasteiger partial charge in [-0.2, -0.15) is 13.5 Å². The van der Waals surface area contributed by atoms with E-state index in [0.29, 0.717) is 50.0 Å². The molecular weight excluding hydrogens is 812 g/mol. The number of benzene rings is 2. The molecule has 3 aromatic rings. The van der Waals surface area contributed by atoms with Gasteiger partial charge >= 0.3 is 33.2 Å². The fourth-order valence-electron chi connectivity index (χ4n) is 6.00. The number of rotatable bonds is 22. The lowest BCUT2D eigenvalue weighted by Gasteiger charge is -2.29. The normalized spacial score (nSPS) is 15.8. The Labute approximate surface area is 331 Å². The molecule has 0 aliphatic carbocycles. The van der Waals surface area contributed by atoms with E-state index in [9.17, 15) is 42.5 Å². The van der Waals surface area contributed by atoms with Gasteiger partial charge in [-0.3, -0.25) is 18.7 Å². The van der Waals surface area contributed by atoms with Gasteiger partial charge < -0.3 is 49.5 Å². The van der Waals surface area contributed by atoms with Crippen LogP contribution in [0.1, 0.15) is 68.3 Å². The number of nitrogens with zero attached hydrogens (tertiary/aromatic N) is 5. The number of aliphatic hydroxyl groups excluding tert-OH is 1. The number of aromatic nitrogens is 4. The summed E-state index contributed by atoms with van der Waals surface area (Å²) in [4.78, 5) is 75.4. The molecular formula is C35H46F2N6O13P2.